The van der Waals surface area contributed by atoms with Gasteiger partial charge in [0.15, 0.2) is 5.69 Å². The van der Waals surface area contributed by atoms with Crippen LogP contribution in [0, 0.1) is 6.92 Å². The highest BCUT2D eigenvalue weighted by molar-refractivity contribution is 5.95. The highest BCUT2D eigenvalue weighted by atomic mass is 19.1. The molecule has 0 bridgehead atoms. The van der Waals surface area contributed by atoms with E-state index in [-0.39, 0.29) is 18.1 Å². The van der Waals surface area contributed by atoms with Crippen molar-refractivity contribution in [2.24, 2.45) is 0 Å². The summed E-state index contributed by atoms with van der Waals surface area (Å²) in [4.78, 5) is 18.0. The molecule has 2 rings (SSSR count). The predicted octanol–water partition coefficient (Wildman–Crippen LogP) is 2.36. The van der Waals surface area contributed by atoms with Crippen molar-refractivity contribution >= 4 is 5.91 Å². The summed E-state index contributed by atoms with van der Waals surface area (Å²) in [6, 6.07) is 1.76. The van der Waals surface area contributed by atoms with Gasteiger partial charge < -0.3 is 9.64 Å². The number of amides is 1. The second-order valence-corrected chi connectivity index (χ2v) is 5.31. The molecule has 0 spiro atoms. The normalized spacial score (nSPS) is 23.3. The maximum atomic E-state index is 14.0. The lowest BCUT2D eigenvalue weighted by atomic mass is 9.96. The summed E-state index contributed by atoms with van der Waals surface area (Å²) in [6.45, 7) is 4.09. The topological polar surface area (TPSA) is 42.4 Å². The average molecular weight is 266 g/mol. The second-order valence-electron chi connectivity index (χ2n) is 5.31. The number of rotatable bonds is 2. The molecule has 1 aliphatic rings. The molecule has 1 aliphatic heterocycles. The number of piperidine rings is 1. The molecule has 0 aromatic carbocycles. The Bertz CT molecular complexity index is 488. The van der Waals surface area contributed by atoms with Crippen LogP contribution in [0.1, 0.15) is 35.8 Å². The zero-order valence-corrected chi connectivity index (χ0v) is 11.6. The first-order chi connectivity index (χ1) is 8.93. The number of nitrogens with zero attached hydrogens (tertiary/aromatic N) is 2. The summed E-state index contributed by atoms with van der Waals surface area (Å²) >= 11 is 0. The lowest BCUT2D eigenvalue weighted by molar-refractivity contribution is 0.0410. The van der Waals surface area contributed by atoms with Crippen LogP contribution < -0.4 is 4.74 Å². The number of hydrogen-bond acceptors (Lipinski definition) is 3. The Morgan fingerprint density at radius 2 is 2.32 bits per heavy atom. The fourth-order valence-electron chi connectivity index (χ4n) is 2.38. The van der Waals surface area contributed by atoms with Crippen molar-refractivity contribution in [2.45, 2.75) is 32.4 Å². The van der Waals surface area contributed by atoms with Gasteiger partial charge >= 0.3 is 0 Å². The first kappa shape index (κ1) is 13.8. The molecule has 1 amide bonds. The summed E-state index contributed by atoms with van der Waals surface area (Å²) in [7, 11) is 1.50. The van der Waals surface area contributed by atoms with E-state index in [2.05, 4.69) is 4.98 Å². The van der Waals surface area contributed by atoms with Crippen LogP contribution in [0.4, 0.5) is 4.39 Å². The first-order valence-electron chi connectivity index (χ1n) is 6.42. The van der Waals surface area contributed by atoms with E-state index in [1.165, 1.54) is 18.9 Å². The highest BCUT2D eigenvalue weighted by Crippen LogP contribution is 2.27. The summed E-state index contributed by atoms with van der Waals surface area (Å²) in [6.07, 6.45) is 2.79. The number of pyridine rings is 1. The number of hydrogen-bond donors (Lipinski definition) is 0. The fraction of sp³-hybridized carbons (Fsp3) is 0.571. The number of carbonyl (C=O) groups excluding carboxylic acids is 1. The molecule has 0 aliphatic carbocycles. The summed E-state index contributed by atoms with van der Waals surface area (Å²) < 4.78 is 19.2. The molecular formula is C14H19FN2O2. The largest absolute Gasteiger partial charge is 0.494 e. The van der Waals surface area contributed by atoms with Gasteiger partial charge in [-0.05, 0) is 38.3 Å². The third-order valence-corrected chi connectivity index (χ3v) is 3.35. The van der Waals surface area contributed by atoms with Crippen molar-refractivity contribution in [3.05, 3.63) is 23.5 Å². The lowest BCUT2D eigenvalue weighted by Gasteiger charge is -2.35. The molecule has 19 heavy (non-hydrogen) atoms. The number of carbonyl (C=O) groups is 1. The van der Waals surface area contributed by atoms with E-state index >= 15 is 0 Å². The van der Waals surface area contributed by atoms with Crippen LogP contribution in [0.2, 0.25) is 0 Å². The van der Waals surface area contributed by atoms with Gasteiger partial charge in [0, 0.05) is 12.7 Å². The van der Waals surface area contributed by atoms with Crippen molar-refractivity contribution in [1.29, 1.82) is 0 Å². The molecule has 1 saturated heterocycles. The van der Waals surface area contributed by atoms with Gasteiger partial charge in [0.25, 0.3) is 5.91 Å². The smallest absolute Gasteiger partial charge is 0.276 e. The number of alkyl halides is 1. The van der Waals surface area contributed by atoms with Crippen LogP contribution in [0.5, 0.6) is 5.75 Å². The third kappa shape index (κ3) is 3.03. The van der Waals surface area contributed by atoms with Gasteiger partial charge in [-0.25, -0.2) is 9.37 Å². The van der Waals surface area contributed by atoms with Crippen LogP contribution in [-0.4, -0.2) is 41.7 Å². The molecule has 2 heterocycles. The highest BCUT2D eigenvalue weighted by Gasteiger charge is 2.34. The van der Waals surface area contributed by atoms with E-state index in [4.69, 9.17) is 4.74 Å². The first-order valence-corrected chi connectivity index (χ1v) is 6.42. The Morgan fingerprint density at radius 3 is 2.95 bits per heavy atom. The minimum Gasteiger partial charge on any atom is -0.494 e. The Kier molecular flexibility index (Phi) is 3.73. The molecule has 0 saturated carbocycles. The van der Waals surface area contributed by atoms with Gasteiger partial charge in [-0.15, -0.1) is 0 Å². The maximum absolute atomic E-state index is 14.0. The molecule has 1 fully saturated rings. The molecule has 1 aromatic rings. The minimum absolute atomic E-state index is 0.116. The Morgan fingerprint density at radius 1 is 1.58 bits per heavy atom. The molecule has 0 N–H and O–H groups in total. The number of halogens is 1. The van der Waals surface area contributed by atoms with Crippen molar-refractivity contribution < 1.29 is 13.9 Å². The SMILES string of the molecule is COc1cc(C)cnc1C(=O)N1CCCC(C)(F)C1. The van der Waals surface area contributed by atoms with E-state index in [0.29, 0.717) is 25.1 Å². The Labute approximate surface area is 112 Å². The monoisotopic (exact) mass is 266 g/mol. The van der Waals surface area contributed by atoms with Crippen molar-refractivity contribution in [1.82, 2.24) is 9.88 Å². The number of ether oxygens (including phenoxy) is 1. The number of likely N-dealkylation sites (tertiary alicyclic amines) is 1. The van der Waals surface area contributed by atoms with Crippen molar-refractivity contribution in [3.8, 4) is 5.75 Å². The van der Waals surface area contributed by atoms with Crippen LogP contribution in [-0.2, 0) is 0 Å². The Hall–Kier alpha value is -1.65. The average Bonchev–Trinajstić information content (AvgIpc) is 2.36. The van der Waals surface area contributed by atoms with Gasteiger partial charge in [-0.2, -0.15) is 0 Å². The maximum Gasteiger partial charge on any atom is 0.276 e. The number of aromatic nitrogens is 1. The molecular weight excluding hydrogens is 247 g/mol. The van der Waals surface area contributed by atoms with Gasteiger partial charge in [-0.3, -0.25) is 4.79 Å². The quantitative estimate of drug-likeness (QED) is 0.825. The third-order valence-electron chi connectivity index (χ3n) is 3.35. The fourth-order valence-corrected chi connectivity index (χ4v) is 2.38. The summed E-state index contributed by atoms with van der Waals surface area (Å²) in [5.41, 5.74) is -0.139. The molecule has 1 aromatic heterocycles. The standard InChI is InChI=1S/C14H19FN2O2/c1-10-7-11(19-3)12(16-8-10)13(18)17-6-4-5-14(2,15)9-17/h7-8H,4-6,9H2,1-3H3. The van der Waals surface area contributed by atoms with Gasteiger partial charge in [-0.1, -0.05) is 0 Å². The van der Waals surface area contributed by atoms with Crippen molar-refractivity contribution in [3.63, 3.8) is 0 Å². The zero-order chi connectivity index (χ0) is 14.0. The second kappa shape index (κ2) is 5.15. The van der Waals surface area contributed by atoms with E-state index in [9.17, 15) is 9.18 Å². The summed E-state index contributed by atoms with van der Waals surface area (Å²) in [5.74, 6) is 0.177. The number of aryl methyl sites for hydroxylation is 1. The van der Waals surface area contributed by atoms with Gasteiger partial charge in [0.1, 0.15) is 11.4 Å². The summed E-state index contributed by atoms with van der Waals surface area (Å²) in [5, 5.41) is 0. The van der Waals surface area contributed by atoms with Crippen LogP contribution in [0.15, 0.2) is 12.3 Å². The van der Waals surface area contributed by atoms with Crippen molar-refractivity contribution in [2.75, 3.05) is 20.2 Å². The Balaban J connectivity index is 2.24. The molecule has 1 atom stereocenters. The predicted molar refractivity (Wildman–Crippen MR) is 70.2 cm³/mol. The van der Waals surface area contributed by atoms with E-state index in [0.717, 1.165) is 5.56 Å². The van der Waals surface area contributed by atoms with Crippen LogP contribution in [0.25, 0.3) is 0 Å². The number of methoxy groups -OCH3 is 1. The van der Waals surface area contributed by atoms with Gasteiger partial charge in [0.2, 0.25) is 0 Å². The van der Waals surface area contributed by atoms with Crippen LogP contribution >= 0.6 is 0 Å². The van der Waals surface area contributed by atoms with E-state index in [1.54, 1.807) is 12.3 Å². The minimum atomic E-state index is -1.31. The molecule has 1 unspecified atom stereocenters. The zero-order valence-electron chi connectivity index (χ0n) is 11.6. The molecule has 0 radical (unpaired) electrons. The molecule has 5 heteroatoms. The molecule has 4 nitrogen and oxygen atoms in total. The van der Waals surface area contributed by atoms with Crippen LogP contribution in [0.3, 0.4) is 0 Å². The molecule has 104 valence electrons. The van der Waals surface area contributed by atoms with E-state index in [1.807, 2.05) is 6.92 Å². The lowest BCUT2D eigenvalue weighted by Crippen LogP contribution is -2.46. The van der Waals surface area contributed by atoms with E-state index < -0.39 is 5.67 Å². The van der Waals surface area contributed by atoms with Gasteiger partial charge in [0.05, 0.1) is 13.7 Å².